The summed E-state index contributed by atoms with van der Waals surface area (Å²) in [5, 5.41) is 8.08. The van der Waals surface area contributed by atoms with Crippen molar-refractivity contribution < 1.29 is 4.39 Å². The van der Waals surface area contributed by atoms with Gasteiger partial charge in [0, 0.05) is 37.6 Å². The average Bonchev–Trinajstić information content (AvgIpc) is 3.39. The van der Waals surface area contributed by atoms with Gasteiger partial charge in [0.15, 0.2) is 5.65 Å². The van der Waals surface area contributed by atoms with Gasteiger partial charge in [0.25, 0.3) is 5.56 Å². The second-order valence-electron chi connectivity index (χ2n) is 6.83. The summed E-state index contributed by atoms with van der Waals surface area (Å²) in [6, 6.07) is 6.35. The highest BCUT2D eigenvalue weighted by atomic mass is 19.1. The van der Waals surface area contributed by atoms with E-state index in [1.165, 1.54) is 18.3 Å². The predicted octanol–water partition coefficient (Wildman–Crippen LogP) is 2.33. The number of benzene rings is 1. The van der Waals surface area contributed by atoms with Crippen LogP contribution in [0.25, 0.3) is 16.7 Å². The molecule has 0 unspecified atom stereocenters. The topological polar surface area (TPSA) is 82.6 Å². The van der Waals surface area contributed by atoms with E-state index in [0.29, 0.717) is 35.6 Å². The van der Waals surface area contributed by atoms with Crippen LogP contribution in [0.1, 0.15) is 12.0 Å². The van der Waals surface area contributed by atoms with Crippen molar-refractivity contribution in [2.75, 3.05) is 11.9 Å². The molecule has 146 valence electrons. The molecule has 0 spiro atoms. The summed E-state index contributed by atoms with van der Waals surface area (Å²) in [6.45, 7) is 1.98. The number of allylic oxidation sites excluding steroid dienone is 1. The van der Waals surface area contributed by atoms with E-state index >= 15 is 0 Å². The Labute approximate surface area is 164 Å². The Bertz CT molecular complexity index is 1270. The van der Waals surface area contributed by atoms with Crippen LogP contribution in [0.4, 0.5) is 10.3 Å². The fourth-order valence-corrected chi connectivity index (χ4v) is 3.59. The molecule has 4 aromatic rings. The van der Waals surface area contributed by atoms with Crippen molar-refractivity contribution >= 4 is 22.7 Å². The molecular weight excluding hydrogens is 373 g/mol. The summed E-state index contributed by atoms with van der Waals surface area (Å²) >= 11 is 0. The predicted molar refractivity (Wildman–Crippen MR) is 107 cm³/mol. The molecule has 3 aromatic heterocycles. The maximum absolute atomic E-state index is 13.7. The first-order valence-corrected chi connectivity index (χ1v) is 9.35. The number of hydrogen-bond acceptors (Lipinski definition) is 5. The number of rotatable bonds is 6. The van der Waals surface area contributed by atoms with Crippen molar-refractivity contribution in [3.63, 3.8) is 0 Å². The molecule has 1 aliphatic heterocycles. The van der Waals surface area contributed by atoms with Gasteiger partial charge in [-0.1, -0.05) is 12.1 Å². The molecule has 0 bridgehead atoms. The number of anilines is 1. The molecule has 0 saturated carbocycles. The molecule has 0 amide bonds. The van der Waals surface area contributed by atoms with E-state index in [-0.39, 0.29) is 11.4 Å². The van der Waals surface area contributed by atoms with Gasteiger partial charge in [-0.15, -0.1) is 0 Å². The molecule has 0 fully saturated rings. The molecule has 8 nitrogen and oxygen atoms in total. The molecule has 0 aliphatic carbocycles. The van der Waals surface area contributed by atoms with Gasteiger partial charge < -0.3 is 9.88 Å². The van der Waals surface area contributed by atoms with Crippen molar-refractivity contribution in [2.24, 2.45) is 0 Å². The van der Waals surface area contributed by atoms with Gasteiger partial charge in [0.2, 0.25) is 5.95 Å². The lowest BCUT2D eigenvalue weighted by molar-refractivity contribution is 0.627. The first-order valence-electron chi connectivity index (χ1n) is 9.35. The van der Waals surface area contributed by atoms with Crippen LogP contribution in [0.15, 0.2) is 60.1 Å². The molecule has 1 aliphatic rings. The van der Waals surface area contributed by atoms with Crippen molar-refractivity contribution in [1.29, 1.82) is 0 Å². The lowest BCUT2D eigenvalue weighted by Crippen LogP contribution is -2.23. The normalized spacial score (nSPS) is 12.9. The maximum Gasteiger partial charge on any atom is 0.285 e. The summed E-state index contributed by atoms with van der Waals surface area (Å²) in [6.07, 6.45) is 9.76. The smallest absolute Gasteiger partial charge is 0.285 e. The van der Waals surface area contributed by atoms with Gasteiger partial charge in [-0.25, -0.2) is 14.1 Å². The molecule has 0 saturated heterocycles. The minimum atomic E-state index is -0.333. The highest BCUT2D eigenvalue weighted by Gasteiger charge is 2.21. The third-order valence-electron chi connectivity index (χ3n) is 4.94. The summed E-state index contributed by atoms with van der Waals surface area (Å²) in [5.74, 6) is 0.189. The zero-order chi connectivity index (χ0) is 19.8. The molecule has 0 radical (unpaired) electrons. The number of nitrogens with zero attached hydrogens (tertiary/aromatic N) is 6. The van der Waals surface area contributed by atoms with Gasteiger partial charge in [-0.3, -0.25) is 9.36 Å². The third-order valence-corrected chi connectivity index (χ3v) is 4.94. The van der Waals surface area contributed by atoms with Crippen molar-refractivity contribution in [2.45, 2.75) is 19.5 Å². The van der Waals surface area contributed by atoms with E-state index in [1.807, 2.05) is 27.5 Å². The second kappa shape index (κ2) is 7.01. The van der Waals surface area contributed by atoms with Crippen molar-refractivity contribution in [3.05, 3.63) is 77.0 Å². The fraction of sp³-hybridized carbons (Fsp3) is 0.200. The van der Waals surface area contributed by atoms with Crippen LogP contribution in [-0.2, 0) is 13.1 Å². The molecule has 5 rings (SSSR count). The van der Waals surface area contributed by atoms with Crippen LogP contribution in [0.2, 0.25) is 0 Å². The molecule has 1 N–H and O–H groups in total. The zero-order valence-corrected chi connectivity index (χ0v) is 15.5. The molecule has 1 aromatic carbocycles. The minimum absolute atomic E-state index is 0.315. The first kappa shape index (κ1) is 17.4. The van der Waals surface area contributed by atoms with Crippen LogP contribution >= 0.6 is 0 Å². The molecule has 0 atom stereocenters. The van der Waals surface area contributed by atoms with Gasteiger partial charge in [0.05, 0.1) is 18.2 Å². The van der Waals surface area contributed by atoms with Gasteiger partial charge in [-0.05, 0) is 24.6 Å². The van der Waals surface area contributed by atoms with E-state index in [9.17, 15) is 9.18 Å². The van der Waals surface area contributed by atoms with Crippen molar-refractivity contribution in [3.8, 4) is 0 Å². The van der Waals surface area contributed by atoms with Gasteiger partial charge >= 0.3 is 0 Å². The Morgan fingerprint density at radius 2 is 2.21 bits per heavy atom. The van der Waals surface area contributed by atoms with E-state index < -0.39 is 0 Å². The number of imidazole rings is 1. The van der Waals surface area contributed by atoms with Crippen molar-refractivity contribution in [1.82, 2.24) is 28.9 Å². The Morgan fingerprint density at radius 1 is 1.28 bits per heavy atom. The highest BCUT2D eigenvalue weighted by molar-refractivity contribution is 5.83. The maximum atomic E-state index is 13.7. The Kier molecular flexibility index (Phi) is 4.19. The van der Waals surface area contributed by atoms with Crippen LogP contribution in [-0.4, -0.2) is 35.4 Å². The summed E-state index contributed by atoms with van der Waals surface area (Å²) < 4.78 is 19.3. The van der Waals surface area contributed by atoms with E-state index in [2.05, 4.69) is 20.4 Å². The van der Waals surface area contributed by atoms with Crippen LogP contribution in [0, 0.1) is 5.82 Å². The molecule has 4 heterocycles. The summed E-state index contributed by atoms with van der Waals surface area (Å²) in [7, 11) is 0. The number of aryl methyl sites for hydroxylation is 1. The lowest BCUT2D eigenvalue weighted by atomic mass is 10.1. The largest absolute Gasteiger partial charge is 0.355 e. The van der Waals surface area contributed by atoms with E-state index in [4.69, 9.17) is 0 Å². The molecular formula is C20H18FN7O. The third kappa shape index (κ3) is 3.10. The quantitative estimate of drug-likeness (QED) is 0.510. The first-order chi connectivity index (χ1) is 14.2. The number of halogens is 1. The standard InChI is InChI=1S/C20H18FN7O/c21-15-4-1-3-14(11-15)17-5-9-27-19-16(12-24-28(17)19)18(29)25-20(27)23-6-2-8-26-10-7-22-13-26/h1,3-5,7,10-13H,2,6,8-9H2,(H,23,25,29). The summed E-state index contributed by atoms with van der Waals surface area (Å²) in [4.78, 5) is 20.7. The minimum Gasteiger partial charge on any atom is -0.355 e. The highest BCUT2D eigenvalue weighted by Crippen LogP contribution is 2.27. The van der Waals surface area contributed by atoms with Gasteiger partial charge in [0.1, 0.15) is 11.2 Å². The Balaban J connectivity index is 1.46. The number of aromatic nitrogens is 6. The Morgan fingerprint density at radius 3 is 3.03 bits per heavy atom. The Hall–Kier alpha value is -3.75. The van der Waals surface area contributed by atoms with E-state index in [0.717, 1.165) is 18.7 Å². The van der Waals surface area contributed by atoms with Gasteiger partial charge in [-0.2, -0.15) is 10.1 Å². The number of nitrogens with one attached hydrogen (secondary N) is 1. The SMILES string of the molecule is O=c1nc(NCCCn2ccnc2)n2c3c1cnn3C(c1cccc(F)c1)=CC2. The molecule has 9 heteroatoms. The summed E-state index contributed by atoms with van der Waals surface area (Å²) in [5.41, 5.74) is 1.78. The number of hydrogen-bond donors (Lipinski definition) is 1. The monoisotopic (exact) mass is 391 g/mol. The molecule has 29 heavy (non-hydrogen) atoms. The van der Waals surface area contributed by atoms with Crippen LogP contribution < -0.4 is 10.9 Å². The second-order valence-corrected chi connectivity index (χ2v) is 6.83. The van der Waals surface area contributed by atoms with Crippen LogP contribution in [0.3, 0.4) is 0 Å². The lowest BCUT2D eigenvalue weighted by Gasteiger charge is -2.21. The van der Waals surface area contributed by atoms with Crippen LogP contribution in [0.5, 0.6) is 0 Å². The van der Waals surface area contributed by atoms with E-state index in [1.54, 1.807) is 23.3 Å². The fourth-order valence-electron chi connectivity index (χ4n) is 3.59. The zero-order valence-electron chi connectivity index (χ0n) is 15.5. The average molecular weight is 391 g/mol.